The van der Waals surface area contributed by atoms with Gasteiger partial charge in [-0.25, -0.2) is 0 Å². The van der Waals surface area contributed by atoms with E-state index in [0.717, 1.165) is 18.3 Å². The average molecular weight is 414 g/mol. The van der Waals surface area contributed by atoms with Gasteiger partial charge in [-0.1, -0.05) is 29.3 Å². The lowest BCUT2D eigenvalue weighted by Crippen LogP contribution is -2.16. The first-order valence-corrected chi connectivity index (χ1v) is 8.18. The minimum absolute atomic E-state index is 0.0912. The van der Waals surface area contributed by atoms with E-state index in [1.165, 1.54) is 12.1 Å². The summed E-state index contributed by atoms with van der Waals surface area (Å²) in [5, 5.41) is 14.3. The maximum absolute atomic E-state index is 13.1. The Balaban J connectivity index is 2.26. The number of nitrogens with zero attached hydrogens (tertiary/aromatic N) is 1. The van der Waals surface area contributed by atoms with Gasteiger partial charge in [0.05, 0.1) is 11.3 Å². The normalized spacial score (nSPS) is 11.7. The highest BCUT2D eigenvalue weighted by Gasteiger charge is 2.33. The van der Waals surface area contributed by atoms with Gasteiger partial charge in [0, 0.05) is 21.9 Å². The standard InChI is InChI=1S/C18H12Cl2F3N3O/c1-10-2-3-13(20)7-16(10)26-17(27)11(8-24)9-25-15-5-4-12(19)6-14(15)18(21,22)23/h2-7,9,25H,1H3,(H,26,27)/b11-9-. The van der Waals surface area contributed by atoms with Gasteiger partial charge in [-0.15, -0.1) is 0 Å². The molecule has 2 N–H and O–H groups in total. The van der Waals surface area contributed by atoms with Crippen LogP contribution in [0.1, 0.15) is 11.1 Å². The maximum Gasteiger partial charge on any atom is 0.418 e. The Labute approximate surface area is 163 Å². The molecule has 9 heteroatoms. The van der Waals surface area contributed by atoms with Crippen LogP contribution in [0.5, 0.6) is 0 Å². The summed E-state index contributed by atoms with van der Waals surface area (Å²) in [5.41, 5.74) is -0.690. The lowest BCUT2D eigenvalue weighted by molar-refractivity contribution is -0.136. The number of hydrogen-bond donors (Lipinski definition) is 2. The molecule has 0 aliphatic rings. The van der Waals surface area contributed by atoms with Crippen LogP contribution in [0.15, 0.2) is 48.2 Å². The van der Waals surface area contributed by atoms with Gasteiger partial charge in [-0.2, -0.15) is 18.4 Å². The van der Waals surface area contributed by atoms with Crippen molar-refractivity contribution >= 4 is 40.5 Å². The smallest absolute Gasteiger partial charge is 0.360 e. The lowest BCUT2D eigenvalue weighted by atomic mass is 10.1. The molecule has 0 saturated heterocycles. The molecule has 0 fully saturated rings. The van der Waals surface area contributed by atoms with Crippen LogP contribution >= 0.6 is 23.2 Å². The number of carbonyl (C=O) groups excluding carboxylic acids is 1. The first-order chi connectivity index (χ1) is 12.6. The molecule has 0 radical (unpaired) electrons. The molecule has 4 nitrogen and oxygen atoms in total. The fourth-order valence-corrected chi connectivity index (χ4v) is 2.44. The van der Waals surface area contributed by atoms with Crippen molar-refractivity contribution < 1.29 is 18.0 Å². The summed E-state index contributed by atoms with van der Waals surface area (Å²) in [6.45, 7) is 1.73. The van der Waals surface area contributed by atoms with Gasteiger partial charge in [-0.3, -0.25) is 4.79 Å². The molecule has 0 unspecified atom stereocenters. The number of nitriles is 1. The Morgan fingerprint density at radius 2 is 1.74 bits per heavy atom. The summed E-state index contributed by atoms with van der Waals surface area (Å²) in [7, 11) is 0. The molecule has 2 aromatic rings. The van der Waals surface area contributed by atoms with E-state index in [4.69, 9.17) is 28.5 Å². The second kappa shape index (κ2) is 8.33. The first kappa shape index (κ1) is 20.6. The van der Waals surface area contributed by atoms with E-state index in [1.807, 2.05) is 0 Å². The van der Waals surface area contributed by atoms with E-state index in [2.05, 4.69) is 10.6 Å². The molecule has 140 valence electrons. The number of alkyl halides is 3. The predicted molar refractivity (Wildman–Crippen MR) is 98.6 cm³/mol. The monoisotopic (exact) mass is 413 g/mol. The number of aryl methyl sites for hydroxylation is 1. The van der Waals surface area contributed by atoms with Gasteiger partial charge >= 0.3 is 6.18 Å². The zero-order chi connectivity index (χ0) is 20.2. The highest BCUT2D eigenvalue weighted by Crippen LogP contribution is 2.36. The topological polar surface area (TPSA) is 64.9 Å². The molecule has 0 bridgehead atoms. The number of carbonyl (C=O) groups is 1. The quantitative estimate of drug-likeness (QED) is 0.493. The van der Waals surface area contributed by atoms with Gasteiger partial charge in [-0.05, 0) is 42.8 Å². The molecule has 1 amide bonds. The fourth-order valence-electron chi connectivity index (χ4n) is 2.09. The summed E-state index contributed by atoms with van der Waals surface area (Å²) in [6.07, 6.45) is -3.76. The molecule has 27 heavy (non-hydrogen) atoms. The summed E-state index contributed by atoms with van der Waals surface area (Å²) < 4.78 is 39.3. The molecule has 0 spiro atoms. The molecule has 0 saturated carbocycles. The fraction of sp³-hybridized carbons (Fsp3) is 0.111. The van der Waals surface area contributed by atoms with E-state index in [9.17, 15) is 18.0 Å². The minimum atomic E-state index is -4.66. The molecule has 0 aliphatic carbocycles. The molecular weight excluding hydrogens is 402 g/mol. The zero-order valence-electron chi connectivity index (χ0n) is 13.8. The van der Waals surface area contributed by atoms with Crippen molar-refractivity contribution in [1.29, 1.82) is 5.26 Å². The van der Waals surface area contributed by atoms with Crippen LogP contribution in [0.3, 0.4) is 0 Å². The van der Waals surface area contributed by atoms with E-state index in [0.29, 0.717) is 16.3 Å². The first-order valence-electron chi connectivity index (χ1n) is 7.43. The average Bonchev–Trinajstić information content (AvgIpc) is 2.59. The van der Waals surface area contributed by atoms with Gasteiger partial charge in [0.15, 0.2) is 0 Å². The van der Waals surface area contributed by atoms with Crippen molar-refractivity contribution in [1.82, 2.24) is 0 Å². The molecule has 2 aromatic carbocycles. The van der Waals surface area contributed by atoms with Crippen molar-refractivity contribution in [2.24, 2.45) is 0 Å². The number of amides is 1. The molecular formula is C18H12Cl2F3N3O. The largest absolute Gasteiger partial charge is 0.418 e. The number of rotatable bonds is 4. The van der Waals surface area contributed by atoms with Crippen LogP contribution < -0.4 is 10.6 Å². The van der Waals surface area contributed by atoms with Crippen LogP contribution in [0, 0.1) is 18.3 Å². The van der Waals surface area contributed by atoms with Crippen LogP contribution in [0.2, 0.25) is 10.0 Å². The number of benzene rings is 2. The van der Waals surface area contributed by atoms with E-state index < -0.39 is 23.2 Å². The molecule has 0 aliphatic heterocycles. The maximum atomic E-state index is 13.1. The number of hydrogen-bond acceptors (Lipinski definition) is 3. The Hall–Kier alpha value is -2.69. The van der Waals surface area contributed by atoms with Gasteiger partial charge in [0.2, 0.25) is 0 Å². The minimum Gasteiger partial charge on any atom is -0.360 e. The predicted octanol–water partition coefficient (Wildman–Crippen LogP) is 5.78. The van der Waals surface area contributed by atoms with Crippen molar-refractivity contribution in [2.75, 3.05) is 10.6 Å². The van der Waals surface area contributed by atoms with Crippen LogP contribution in [0.4, 0.5) is 24.5 Å². The van der Waals surface area contributed by atoms with Crippen molar-refractivity contribution in [3.63, 3.8) is 0 Å². The van der Waals surface area contributed by atoms with E-state index >= 15 is 0 Å². The third-order valence-corrected chi connectivity index (χ3v) is 3.94. The third kappa shape index (κ3) is 5.39. The molecule has 0 aromatic heterocycles. The Morgan fingerprint density at radius 3 is 2.37 bits per heavy atom. The lowest BCUT2D eigenvalue weighted by Gasteiger charge is -2.13. The Morgan fingerprint density at radius 1 is 1.11 bits per heavy atom. The van der Waals surface area contributed by atoms with E-state index in [-0.39, 0.29) is 10.7 Å². The van der Waals surface area contributed by atoms with Gasteiger partial charge in [0.1, 0.15) is 11.6 Å². The zero-order valence-corrected chi connectivity index (χ0v) is 15.3. The molecule has 2 rings (SSSR count). The van der Waals surface area contributed by atoms with Crippen molar-refractivity contribution in [2.45, 2.75) is 13.1 Å². The summed E-state index contributed by atoms with van der Waals surface area (Å²) in [5.74, 6) is -0.794. The number of halogens is 5. The third-order valence-electron chi connectivity index (χ3n) is 3.47. The highest BCUT2D eigenvalue weighted by molar-refractivity contribution is 6.31. The highest BCUT2D eigenvalue weighted by atomic mass is 35.5. The van der Waals surface area contributed by atoms with Crippen LogP contribution in [0.25, 0.3) is 0 Å². The van der Waals surface area contributed by atoms with Crippen molar-refractivity contribution in [3.8, 4) is 6.07 Å². The van der Waals surface area contributed by atoms with Gasteiger partial charge < -0.3 is 10.6 Å². The number of anilines is 2. The second-order valence-electron chi connectivity index (χ2n) is 5.42. The van der Waals surface area contributed by atoms with E-state index in [1.54, 1.807) is 25.1 Å². The van der Waals surface area contributed by atoms with Gasteiger partial charge in [0.25, 0.3) is 5.91 Å². The summed E-state index contributed by atoms with van der Waals surface area (Å²) in [4.78, 5) is 12.2. The SMILES string of the molecule is Cc1ccc(Cl)cc1NC(=O)/C(C#N)=C\Nc1ccc(Cl)cc1C(F)(F)F. The molecule has 0 atom stereocenters. The number of nitrogens with one attached hydrogen (secondary N) is 2. The van der Waals surface area contributed by atoms with Crippen LogP contribution in [-0.2, 0) is 11.0 Å². The second-order valence-corrected chi connectivity index (χ2v) is 6.29. The Bertz CT molecular complexity index is 950. The summed E-state index contributed by atoms with van der Waals surface area (Å²) in [6, 6.07) is 9.56. The van der Waals surface area contributed by atoms with Crippen molar-refractivity contribution in [3.05, 3.63) is 69.3 Å². The van der Waals surface area contributed by atoms with Crippen LogP contribution in [-0.4, -0.2) is 5.91 Å². The summed E-state index contributed by atoms with van der Waals surface area (Å²) >= 11 is 11.5. The molecule has 0 heterocycles. The Kier molecular flexibility index (Phi) is 6.37.